The van der Waals surface area contributed by atoms with Crippen LogP contribution in [0.2, 0.25) is 0 Å². The van der Waals surface area contributed by atoms with Crippen LogP contribution in [0.3, 0.4) is 0 Å². The van der Waals surface area contributed by atoms with E-state index >= 15 is 0 Å². The molecule has 2 aromatic rings. The van der Waals surface area contributed by atoms with Gasteiger partial charge in [0.15, 0.2) is 16.6 Å². The van der Waals surface area contributed by atoms with Crippen LogP contribution in [0, 0.1) is 5.82 Å². The minimum Gasteiger partial charge on any atom is -0.490 e. The van der Waals surface area contributed by atoms with Gasteiger partial charge in [0, 0.05) is 6.54 Å². The molecule has 2 aromatic carbocycles. The highest BCUT2D eigenvalue weighted by Gasteiger charge is 2.29. The molecular formula is C21H21FN2O3S. The van der Waals surface area contributed by atoms with Crippen molar-refractivity contribution in [2.24, 2.45) is 0 Å². The molecule has 1 aliphatic rings. The fourth-order valence-electron chi connectivity index (χ4n) is 2.82. The average molecular weight is 400 g/mol. The molecule has 0 spiro atoms. The van der Waals surface area contributed by atoms with Gasteiger partial charge in [-0.15, -0.1) is 0 Å². The van der Waals surface area contributed by atoms with E-state index in [-0.39, 0.29) is 18.3 Å². The van der Waals surface area contributed by atoms with Crippen molar-refractivity contribution in [1.82, 2.24) is 10.2 Å². The second-order valence-electron chi connectivity index (χ2n) is 6.10. The Kier molecular flexibility index (Phi) is 6.26. The first kappa shape index (κ1) is 19.8. The third-order valence-electron chi connectivity index (χ3n) is 4.14. The number of likely N-dealkylation sites (N-methyl/N-ethyl adjacent to an activating group) is 1. The Hall–Kier alpha value is -2.93. The van der Waals surface area contributed by atoms with Crippen LogP contribution < -0.4 is 14.8 Å². The lowest BCUT2D eigenvalue weighted by Crippen LogP contribution is -2.30. The van der Waals surface area contributed by atoms with E-state index in [0.29, 0.717) is 35.5 Å². The lowest BCUT2D eigenvalue weighted by Gasteiger charge is -2.13. The molecule has 1 saturated heterocycles. The standard InChI is InChI=1S/C21H21FN2O3S/c1-3-24-20(25)17(23-21(24)28)11-14-8-9-18(19(12-14)26-4-2)27-13-15-6-5-7-16(22)10-15/h5-12H,3-4,13H2,1-2H3,(H,23,28)/b17-11+. The third-order valence-corrected chi connectivity index (χ3v) is 4.46. The van der Waals surface area contributed by atoms with E-state index in [1.165, 1.54) is 17.0 Å². The van der Waals surface area contributed by atoms with Crippen molar-refractivity contribution in [3.63, 3.8) is 0 Å². The van der Waals surface area contributed by atoms with Gasteiger partial charge in [0.05, 0.1) is 6.61 Å². The highest BCUT2D eigenvalue weighted by molar-refractivity contribution is 7.80. The lowest BCUT2D eigenvalue weighted by molar-refractivity contribution is -0.122. The molecule has 0 radical (unpaired) electrons. The Morgan fingerprint density at radius 3 is 2.64 bits per heavy atom. The predicted octanol–water partition coefficient (Wildman–Crippen LogP) is 3.88. The van der Waals surface area contributed by atoms with Gasteiger partial charge in [0.25, 0.3) is 5.91 Å². The van der Waals surface area contributed by atoms with Gasteiger partial charge in [-0.2, -0.15) is 0 Å². The Morgan fingerprint density at radius 1 is 1.14 bits per heavy atom. The summed E-state index contributed by atoms with van der Waals surface area (Å²) in [5.74, 6) is 0.635. The van der Waals surface area contributed by atoms with E-state index in [2.05, 4.69) is 5.32 Å². The van der Waals surface area contributed by atoms with Crippen molar-refractivity contribution in [3.8, 4) is 11.5 Å². The molecule has 0 atom stereocenters. The number of thiocarbonyl (C=S) groups is 1. The zero-order valence-corrected chi connectivity index (χ0v) is 16.5. The maximum absolute atomic E-state index is 13.3. The fraction of sp³-hybridized carbons (Fsp3) is 0.238. The molecule has 28 heavy (non-hydrogen) atoms. The fourth-order valence-corrected chi connectivity index (χ4v) is 3.14. The lowest BCUT2D eigenvalue weighted by atomic mass is 10.1. The van der Waals surface area contributed by atoms with E-state index in [0.717, 1.165) is 11.1 Å². The van der Waals surface area contributed by atoms with Crippen LogP contribution in [0.5, 0.6) is 11.5 Å². The van der Waals surface area contributed by atoms with Crippen molar-refractivity contribution in [1.29, 1.82) is 0 Å². The first-order chi connectivity index (χ1) is 13.5. The molecule has 1 heterocycles. The van der Waals surface area contributed by atoms with Gasteiger partial charge in [-0.3, -0.25) is 9.69 Å². The molecule has 146 valence electrons. The van der Waals surface area contributed by atoms with Gasteiger partial charge in [0.1, 0.15) is 18.1 Å². The molecule has 3 rings (SSSR count). The number of amides is 1. The van der Waals surface area contributed by atoms with Crippen molar-refractivity contribution in [2.75, 3.05) is 13.2 Å². The molecule has 0 bridgehead atoms. The van der Waals surface area contributed by atoms with E-state index in [1.807, 2.05) is 19.9 Å². The molecule has 1 fully saturated rings. The van der Waals surface area contributed by atoms with E-state index < -0.39 is 0 Å². The van der Waals surface area contributed by atoms with Crippen LogP contribution in [0.1, 0.15) is 25.0 Å². The van der Waals surface area contributed by atoms with Crippen LogP contribution in [0.25, 0.3) is 6.08 Å². The van der Waals surface area contributed by atoms with Crippen molar-refractivity contribution in [2.45, 2.75) is 20.5 Å². The zero-order chi connectivity index (χ0) is 20.1. The summed E-state index contributed by atoms with van der Waals surface area (Å²) >= 11 is 5.17. The Morgan fingerprint density at radius 2 is 1.96 bits per heavy atom. The topological polar surface area (TPSA) is 50.8 Å². The first-order valence-electron chi connectivity index (χ1n) is 9.00. The maximum atomic E-state index is 13.3. The number of hydrogen-bond acceptors (Lipinski definition) is 4. The minimum absolute atomic E-state index is 0.156. The quantitative estimate of drug-likeness (QED) is 0.565. The Balaban J connectivity index is 1.80. The van der Waals surface area contributed by atoms with Gasteiger partial charge in [0.2, 0.25) is 0 Å². The second-order valence-corrected chi connectivity index (χ2v) is 6.48. The maximum Gasteiger partial charge on any atom is 0.276 e. The molecule has 1 N–H and O–H groups in total. The highest BCUT2D eigenvalue weighted by Crippen LogP contribution is 2.30. The van der Waals surface area contributed by atoms with Crippen LogP contribution in [-0.4, -0.2) is 29.1 Å². The number of nitrogens with one attached hydrogen (secondary N) is 1. The summed E-state index contributed by atoms with van der Waals surface area (Å²) in [7, 11) is 0. The number of hydrogen-bond donors (Lipinski definition) is 1. The van der Waals surface area contributed by atoms with E-state index in [9.17, 15) is 9.18 Å². The van der Waals surface area contributed by atoms with Crippen molar-refractivity contribution in [3.05, 3.63) is 65.1 Å². The number of carbonyl (C=O) groups is 1. The normalized spacial score (nSPS) is 15.1. The molecule has 0 saturated carbocycles. The summed E-state index contributed by atoms with van der Waals surface area (Å²) in [4.78, 5) is 13.8. The summed E-state index contributed by atoms with van der Waals surface area (Å²) in [6.45, 7) is 4.94. The third kappa shape index (κ3) is 4.48. The minimum atomic E-state index is -0.305. The monoisotopic (exact) mass is 400 g/mol. The molecule has 5 nitrogen and oxygen atoms in total. The van der Waals surface area contributed by atoms with Gasteiger partial charge in [-0.1, -0.05) is 18.2 Å². The summed E-state index contributed by atoms with van der Waals surface area (Å²) in [5.41, 5.74) is 1.92. The molecule has 0 unspecified atom stereocenters. The van der Waals surface area contributed by atoms with Gasteiger partial charge in [-0.05, 0) is 67.5 Å². The Bertz CT molecular complexity index is 930. The van der Waals surface area contributed by atoms with E-state index in [1.54, 1.807) is 30.3 Å². The number of carbonyl (C=O) groups excluding carboxylic acids is 1. The number of benzene rings is 2. The largest absolute Gasteiger partial charge is 0.490 e. The molecular weight excluding hydrogens is 379 g/mol. The van der Waals surface area contributed by atoms with E-state index in [4.69, 9.17) is 21.7 Å². The number of nitrogens with zero attached hydrogens (tertiary/aromatic N) is 1. The first-order valence-corrected chi connectivity index (χ1v) is 9.41. The van der Waals surface area contributed by atoms with Gasteiger partial charge >= 0.3 is 0 Å². The van der Waals surface area contributed by atoms with Crippen molar-refractivity contribution < 1.29 is 18.7 Å². The molecule has 1 aliphatic heterocycles. The van der Waals surface area contributed by atoms with Crippen LogP contribution in [-0.2, 0) is 11.4 Å². The summed E-state index contributed by atoms with van der Waals surface area (Å²) < 4.78 is 24.8. The highest BCUT2D eigenvalue weighted by atomic mass is 32.1. The summed E-state index contributed by atoms with van der Waals surface area (Å²) in [5, 5.41) is 3.33. The van der Waals surface area contributed by atoms with Crippen LogP contribution in [0.4, 0.5) is 4.39 Å². The molecule has 7 heteroatoms. The van der Waals surface area contributed by atoms with Gasteiger partial charge < -0.3 is 14.8 Å². The van der Waals surface area contributed by atoms with Crippen LogP contribution >= 0.6 is 12.2 Å². The SMILES string of the molecule is CCOc1cc(/C=C2/NC(=S)N(CC)C2=O)ccc1OCc1cccc(F)c1. The summed E-state index contributed by atoms with van der Waals surface area (Å²) in [6.07, 6.45) is 1.73. The molecule has 1 amide bonds. The van der Waals surface area contributed by atoms with Crippen molar-refractivity contribution >= 4 is 29.3 Å². The number of ether oxygens (including phenoxy) is 2. The summed E-state index contributed by atoms with van der Waals surface area (Å²) in [6, 6.07) is 11.6. The second kappa shape index (κ2) is 8.84. The number of halogens is 1. The Labute approximate surface area is 168 Å². The zero-order valence-electron chi connectivity index (χ0n) is 15.7. The predicted molar refractivity (Wildman–Crippen MR) is 109 cm³/mol. The molecule has 0 aromatic heterocycles. The van der Waals surface area contributed by atoms with Crippen LogP contribution in [0.15, 0.2) is 48.2 Å². The van der Waals surface area contributed by atoms with Gasteiger partial charge in [-0.25, -0.2) is 4.39 Å². The molecule has 0 aliphatic carbocycles. The smallest absolute Gasteiger partial charge is 0.276 e. The number of rotatable bonds is 7. The average Bonchev–Trinajstić information content (AvgIpc) is 2.94.